The van der Waals surface area contributed by atoms with E-state index in [4.69, 9.17) is 0 Å². The number of piperazine rings is 1. The summed E-state index contributed by atoms with van der Waals surface area (Å²) >= 11 is 5.50. The van der Waals surface area contributed by atoms with E-state index < -0.39 is 0 Å². The van der Waals surface area contributed by atoms with Gasteiger partial charge in [0, 0.05) is 44.5 Å². The molecule has 0 atom stereocenters. The highest BCUT2D eigenvalue weighted by Crippen LogP contribution is 2.26. The number of alkyl halides is 1. The Kier molecular flexibility index (Phi) is 6.32. The minimum Gasteiger partial charge on any atom is -0.340 e. The van der Waals surface area contributed by atoms with E-state index in [0.29, 0.717) is 11.8 Å². The third-order valence-electron chi connectivity index (χ3n) is 3.93. The molecular formula is C13H23BrN2OS. The smallest absolute Gasteiger partial charge is 0.222 e. The first kappa shape index (κ1) is 14.7. The van der Waals surface area contributed by atoms with E-state index in [9.17, 15) is 4.79 Å². The van der Waals surface area contributed by atoms with Crippen molar-refractivity contribution in [3.05, 3.63) is 0 Å². The normalized spacial score (nSPS) is 23.3. The van der Waals surface area contributed by atoms with Gasteiger partial charge in [-0.25, -0.2) is 0 Å². The van der Waals surface area contributed by atoms with Gasteiger partial charge in [0.05, 0.1) is 0 Å². The third-order valence-corrected chi connectivity index (χ3v) is 5.33. The second-order valence-corrected chi connectivity index (χ2v) is 7.19. The highest BCUT2D eigenvalue weighted by molar-refractivity contribution is 9.09. The number of amides is 1. The number of nitrogens with zero attached hydrogens (tertiary/aromatic N) is 2. The van der Waals surface area contributed by atoms with Crippen LogP contribution in [-0.4, -0.2) is 65.3 Å². The van der Waals surface area contributed by atoms with Crippen LogP contribution in [0.3, 0.4) is 0 Å². The second kappa shape index (κ2) is 7.75. The van der Waals surface area contributed by atoms with Crippen LogP contribution in [0, 0.1) is 5.92 Å². The molecule has 2 fully saturated rings. The lowest BCUT2D eigenvalue weighted by atomic mass is 9.98. The Hall–Kier alpha value is 0.260. The lowest BCUT2D eigenvalue weighted by Gasteiger charge is -2.35. The molecule has 5 heteroatoms. The zero-order valence-corrected chi connectivity index (χ0v) is 13.3. The van der Waals surface area contributed by atoms with Crippen LogP contribution in [-0.2, 0) is 4.79 Å². The summed E-state index contributed by atoms with van der Waals surface area (Å²) in [6.07, 6.45) is 3.26. The van der Waals surface area contributed by atoms with Gasteiger partial charge in [-0.15, -0.1) is 0 Å². The van der Waals surface area contributed by atoms with Crippen LogP contribution in [0.15, 0.2) is 0 Å². The largest absolute Gasteiger partial charge is 0.340 e. The van der Waals surface area contributed by atoms with Crippen LogP contribution < -0.4 is 0 Å². The molecule has 0 aromatic carbocycles. The van der Waals surface area contributed by atoms with Crippen LogP contribution in [0.2, 0.25) is 0 Å². The SMILES string of the molecule is O=C(CC1CCSCC1)N1CCN(CCBr)CC1. The van der Waals surface area contributed by atoms with E-state index in [2.05, 4.69) is 25.7 Å². The average molecular weight is 335 g/mol. The quantitative estimate of drug-likeness (QED) is 0.735. The van der Waals surface area contributed by atoms with Gasteiger partial charge in [-0.2, -0.15) is 11.8 Å². The van der Waals surface area contributed by atoms with Crippen molar-refractivity contribution in [1.29, 1.82) is 0 Å². The van der Waals surface area contributed by atoms with Crippen molar-refractivity contribution < 1.29 is 4.79 Å². The van der Waals surface area contributed by atoms with E-state index in [0.717, 1.165) is 44.5 Å². The summed E-state index contributed by atoms with van der Waals surface area (Å²) in [5.41, 5.74) is 0. The highest BCUT2D eigenvalue weighted by atomic mass is 79.9. The summed E-state index contributed by atoms with van der Waals surface area (Å²) in [5.74, 6) is 3.54. The highest BCUT2D eigenvalue weighted by Gasteiger charge is 2.24. The van der Waals surface area contributed by atoms with Crippen molar-refractivity contribution in [2.24, 2.45) is 5.92 Å². The van der Waals surface area contributed by atoms with Gasteiger partial charge in [0.15, 0.2) is 0 Å². The van der Waals surface area contributed by atoms with Crippen molar-refractivity contribution in [1.82, 2.24) is 9.80 Å². The fraction of sp³-hybridized carbons (Fsp3) is 0.923. The predicted octanol–water partition coefficient (Wildman–Crippen LogP) is 2.06. The van der Waals surface area contributed by atoms with Gasteiger partial charge in [0.1, 0.15) is 0 Å². The maximum absolute atomic E-state index is 12.2. The van der Waals surface area contributed by atoms with E-state index in [1.54, 1.807) is 0 Å². The molecular weight excluding hydrogens is 312 g/mol. The molecule has 18 heavy (non-hydrogen) atoms. The summed E-state index contributed by atoms with van der Waals surface area (Å²) in [5, 5.41) is 1.03. The molecule has 1 amide bonds. The van der Waals surface area contributed by atoms with Crippen molar-refractivity contribution in [3.8, 4) is 0 Å². The van der Waals surface area contributed by atoms with Crippen LogP contribution in [0.4, 0.5) is 0 Å². The lowest BCUT2D eigenvalue weighted by Crippen LogP contribution is -2.49. The zero-order valence-electron chi connectivity index (χ0n) is 10.9. The van der Waals surface area contributed by atoms with Gasteiger partial charge in [-0.05, 0) is 30.3 Å². The van der Waals surface area contributed by atoms with Crippen LogP contribution in [0.1, 0.15) is 19.3 Å². The van der Waals surface area contributed by atoms with E-state index in [1.807, 2.05) is 11.8 Å². The first-order chi connectivity index (χ1) is 8.79. The van der Waals surface area contributed by atoms with E-state index in [-0.39, 0.29) is 0 Å². The standard InChI is InChI=1S/C13H23BrN2OS/c14-3-4-15-5-7-16(8-6-15)13(17)11-12-1-9-18-10-2-12/h12H,1-11H2. The van der Waals surface area contributed by atoms with Crippen LogP contribution in [0.25, 0.3) is 0 Å². The molecule has 2 aliphatic rings. The molecule has 0 bridgehead atoms. The maximum Gasteiger partial charge on any atom is 0.222 e. The summed E-state index contributed by atoms with van der Waals surface area (Å²) in [7, 11) is 0. The van der Waals surface area contributed by atoms with Crippen molar-refractivity contribution in [3.63, 3.8) is 0 Å². The molecule has 0 radical (unpaired) electrons. The molecule has 3 nitrogen and oxygen atoms in total. The molecule has 0 aliphatic carbocycles. The number of thioether (sulfide) groups is 1. The van der Waals surface area contributed by atoms with Gasteiger partial charge in [-0.3, -0.25) is 9.69 Å². The Bertz CT molecular complexity index is 264. The number of hydrogen-bond donors (Lipinski definition) is 0. The Labute approximate surface area is 123 Å². The van der Waals surface area contributed by atoms with Crippen molar-refractivity contribution in [2.45, 2.75) is 19.3 Å². The topological polar surface area (TPSA) is 23.6 Å². The summed E-state index contributed by atoms with van der Waals surface area (Å²) in [4.78, 5) is 16.7. The predicted molar refractivity (Wildman–Crippen MR) is 81.5 cm³/mol. The van der Waals surface area contributed by atoms with Crippen molar-refractivity contribution in [2.75, 3.05) is 49.6 Å². The number of rotatable bonds is 4. The maximum atomic E-state index is 12.2. The molecule has 0 aromatic heterocycles. The number of hydrogen-bond acceptors (Lipinski definition) is 3. The minimum absolute atomic E-state index is 0.394. The average Bonchev–Trinajstić information content (AvgIpc) is 2.41. The molecule has 2 rings (SSSR count). The zero-order chi connectivity index (χ0) is 12.8. The Morgan fingerprint density at radius 2 is 1.83 bits per heavy atom. The summed E-state index contributed by atoms with van der Waals surface area (Å²) < 4.78 is 0. The van der Waals surface area contributed by atoms with Gasteiger partial charge in [0.2, 0.25) is 5.91 Å². The number of carbonyl (C=O) groups is 1. The fourth-order valence-electron chi connectivity index (χ4n) is 2.67. The van der Waals surface area contributed by atoms with Gasteiger partial charge < -0.3 is 4.90 Å². The third kappa shape index (κ3) is 4.42. The summed E-state index contributed by atoms with van der Waals surface area (Å²) in [6.45, 7) is 5.03. The van der Waals surface area contributed by atoms with Gasteiger partial charge >= 0.3 is 0 Å². The molecule has 0 unspecified atom stereocenters. The Morgan fingerprint density at radius 1 is 1.17 bits per heavy atom. The molecule has 2 heterocycles. The first-order valence-corrected chi connectivity index (χ1v) is 9.21. The molecule has 0 aromatic rings. The lowest BCUT2D eigenvalue weighted by molar-refractivity contribution is -0.134. The number of halogens is 1. The van der Waals surface area contributed by atoms with E-state index in [1.165, 1.54) is 24.3 Å². The van der Waals surface area contributed by atoms with Gasteiger partial charge in [-0.1, -0.05) is 15.9 Å². The summed E-state index contributed by atoms with van der Waals surface area (Å²) in [6, 6.07) is 0. The molecule has 2 saturated heterocycles. The molecule has 0 saturated carbocycles. The van der Waals surface area contributed by atoms with Crippen LogP contribution in [0.5, 0.6) is 0 Å². The second-order valence-electron chi connectivity index (χ2n) is 5.17. The van der Waals surface area contributed by atoms with Crippen molar-refractivity contribution >= 4 is 33.6 Å². The monoisotopic (exact) mass is 334 g/mol. The molecule has 104 valence electrons. The first-order valence-electron chi connectivity index (χ1n) is 6.93. The Balaban J connectivity index is 1.70. The van der Waals surface area contributed by atoms with Crippen LogP contribution >= 0.6 is 27.7 Å². The fourth-order valence-corrected chi connectivity index (χ4v) is 4.37. The molecule has 0 N–H and O–H groups in total. The number of carbonyl (C=O) groups excluding carboxylic acids is 1. The minimum atomic E-state index is 0.394. The van der Waals surface area contributed by atoms with E-state index >= 15 is 0 Å². The molecule has 0 spiro atoms. The van der Waals surface area contributed by atoms with Gasteiger partial charge in [0.25, 0.3) is 0 Å². The Morgan fingerprint density at radius 3 is 2.44 bits per heavy atom. The molecule has 2 aliphatic heterocycles.